The zero-order valence-electron chi connectivity index (χ0n) is 8.70. The van der Waals surface area contributed by atoms with Gasteiger partial charge in [0.15, 0.2) is 0 Å². The van der Waals surface area contributed by atoms with E-state index in [9.17, 15) is 0 Å². The monoisotopic (exact) mass is 210 g/mol. The van der Waals surface area contributed by atoms with Gasteiger partial charge in [-0.2, -0.15) is 0 Å². The zero-order chi connectivity index (χ0) is 9.80. The van der Waals surface area contributed by atoms with Gasteiger partial charge in [-0.05, 0) is 19.4 Å². The molecule has 78 valence electrons. The van der Waals surface area contributed by atoms with Crippen molar-refractivity contribution < 1.29 is 0 Å². The second-order valence-corrected chi connectivity index (χ2v) is 5.13. The van der Waals surface area contributed by atoms with Gasteiger partial charge in [0.2, 0.25) is 0 Å². The third kappa shape index (κ3) is 2.55. The van der Waals surface area contributed by atoms with Gasteiger partial charge < -0.3 is 5.32 Å². The van der Waals surface area contributed by atoms with Gasteiger partial charge in [-0.1, -0.05) is 19.3 Å². The molecule has 1 aliphatic carbocycles. The van der Waals surface area contributed by atoms with Crippen molar-refractivity contribution >= 4 is 11.3 Å². The number of aromatic nitrogens is 1. The molecule has 1 aromatic rings. The second kappa shape index (κ2) is 4.89. The maximum atomic E-state index is 4.33. The van der Waals surface area contributed by atoms with Crippen molar-refractivity contribution in [1.29, 1.82) is 0 Å². The highest BCUT2D eigenvalue weighted by Crippen LogP contribution is 2.31. The Labute approximate surface area is 89.8 Å². The molecule has 1 N–H and O–H groups in total. The maximum Gasteiger partial charge on any atom is 0.0940 e. The molecule has 2 nitrogen and oxygen atoms in total. The topological polar surface area (TPSA) is 24.9 Å². The Kier molecular flexibility index (Phi) is 3.54. The summed E-state index contributed by atoms with van der Waals surface area (Å²) in [4.78, 5) is 4.33. The summed E-state index contributed by atoms with van der Waals surface area (Å²) in [5.74, 6) is 0.979. The summed E-state index contributed by atoms with van der Waals surface area (Å²) in [5.41, 5.74) is 0. The molecule has 1 saturated carbocycles. The Balaban J connectivity index is 1.80. The van der Waals surface area contributed by atoms with E-state index in [1.54, 1.807) is 11.3 Å². The number of nitrogens with zero attached hydrogens (tertiary/aromatic N) is 1. The fourth-order valence-corrected chi connectivity index (χ4v) is 2.70. The van der Waals surface area contributed by atoms with Crippen LogP contribution in [-0.4, -0.2) is 18.1 Å². The third-order valence-corrected chi connectivity index (χ3v) is 3.96. The molecule has 14 heavy (non-hydrogen) atoms. The van der Waals surface area contributed by atoms with Crippen LogP contribution in [0.2, 0.25) is 0 Å². The van der Waals surface area contributed by atoms with Crippen LogP contribution >= 0.6 is 11.3 Å². The van der Waals surface area contributed by atoms with E-state index < -0.39 is 0 Å². The molecule has 1 fully saturated rings. The summed E-state index contributed by atoms with van der Waals surface area (Å²) in [6.07, 6.45) is 8.65. The number of thiazole rings is 1. The van der Waals surface area contributed by atoms with E-state index >= 15 is 0 Å². The summed E-state index contributed by atoms with van der Waals surface area (Å²) in [6.45, 7) is 0. The van der Waals surface area contributed by atoms with Gasteiger partial charge in [0.1, 0.15) is 0 Å². The highest BCUT2D eigenvalue weighted by molar-refractivity contribution is 7.09. The molecule has 0 bridgehead atoms. The normalized spacial score (nSPS) is 19.2. The molecule has 0 aliphatic heterocycles. The molecule has 1 aliphatic rings. The lowest BCUT2D eigenvalue weighted by atomic mass is 9.80. The van der Waals surface area contributed by atoms with Crippen molar-refractivity contribution in [2.45, 2.75) is 38.1 Å². The molecule has 0 saturated heterocycles. The van der Waals surface area contributed by atoms with Crippen LogP contribution in [0.1, 0.15) is 30.7 Å². The fraction of sp³-hybridized carbons (Fsp3) is 0.727. The van der Waals surface area contributed by atoms with Gasteiger partial charge in [-0.25, -0.2) is 4.98 Å². The SMILES string of the molecule is CNC(Cc1nccs1)CC1CCC1. The predicted molar refractivity (Wildman–Crippen MR) is 60.6 cm³/mol. The molecule has 1 aromatic heterocycles. The lowest BCUT2D eigenvalue weighted by molar-refractivity contribution is 0.263. The highest BCUT2D eigenvalue weighted by atomic mass is 32.1. The molecule has 3 heteroatoms. The smallest absolute Gasteiger partial charge is 0.0940 e. The predicted octanol–water partition coefficient (Wildman–Crippen LogP) is 2.46. The number of rotatable bonds is 5. The minimum atomic E-state index is 0.631. The van der Waals surface area contributed by atoms with Crippen molar-refractivity contribution in [2.75, 3.05) is 7.05 Å². The van der Waals surface area contributed by atoms with Crippen LogP contribution in [0.5, 0.6) is 0 Å². The summed E-state index contributed by atoms with van der Waals surface area (Å²) < 4.78 is 0. The van der Waals surface area contributed by atoms with E-state index in [2.05, 4.69) is 22.7 Å². The van der Waals surface area contributed by atoms with Gasteiger partial charge in [0.05, 0.1) is 5.01 Å². The standard InChI is InChI=1S/C11H18N2S/c1-12-10(7-9-3-2-4-9)8-11-13-5-6-14-11/h5-6,9-10,12H,2-4,7-8H2,1H3. The van der Waals surface area contributed by atoms with Crippen LogP contribution in [-0.2, 0) is 6.42 Å². The molecule has 0 amide bonds. The van der Waals surface area contributed by atoms with Crippen molar-refractivity contribution in [3.63, 3.8) is 0 Å². The van der Waals surface area contributed by atoms with Gasteiger partial charge >= 0.3 is 0 Å². The first-order chi connectivity index (χ1) is 6.88. The maximum absolute atomic E-state index is 4.33. The minimum Gasteiger partial charge on any atom is -0.317 e. The van der Waals surface area contributed by atoms with Crippen molar-refractivity contribution in [3.8, 4) is 0 Å². The van der Waals surface area contributed by atoms with Gasteiger partial charge in [-0.3, -0.25) is 0 Å². The quantitative estimate of drug-likeness (QED) is 0.807. The highest BCUT2D eigenvalue weighted by Gasteiger charge is 2.21. The summed E-state index contributed by atoms with van der Waals surface area (Å²) in [6, 6.07) is 0.631. The molecule has 0 aromatic carbocycles. The first-order valence-electron chi connectivity index (χ1n) is 5.44. The van der Waals surface area contributed by atoms with E-state index in [0.29, 0.717) is 6.04 Å². The van der Waals surface area contributed by atoms with Crippen LogP contribution in [0.25, 0.3) is 0 Å². The molecule has 0 spiro atoms. The minimum absolute atomic E-state index is 0.631. The van der Waals surface area contributed by atoms with Crippen LogP contribution in [0.15, 0.2) is 11.6 Å². The van der Waals surface area contributed by atoms with E-state index in [1.165, 1.54) is 30.7 Å². The number of likely N-dealkylation sites (N-methyl/N-ethyl adjacent to an activating group) is 1. The fourth-order valence-electron chi connectivity index (χ4n) is 2.00. The molecular weight excluding hydrogens is 192 g/mol. The Morgan fingerprint density at radius 2 is 2.50 bits per heavy atom. The van der Waals surface area contributed by atoms with Crippen molar-refractivity contribution in [1.82, 2.24) is 10.3 Å². The van der Waals surface area contributed by atoms with E-state index in [1.807, 2.05) is 6.20 Å². The summed E-state index contributed by atoms with van der Waals surface area (Å²) >= 11 is 1.77. The lowest BCUT2D eigenvalue weighted by Gasteiger charge is -2.29. The zero-order valence-corrected chi connectivity index (χ0v) is 9.52. The lowest BCUT2D eigenvalue weighted by Crippen LogP contribution is -2.31. The average molecular weight is 210 g/mol. The average Bonchev–Trinajstić information content (AvgIpc) is 2.61. The summed E-state index contributed by atoms with van der Waals surface area (Å²) in [7, 11) is 2.07. The van der Waals surface area contributed by atoms with Crippen molar-refractivity contribution in [3.05, 3.63) is 16.6 Å². The van der Waals surface area contributed by atoms with E-state index in [-0.39, 0.29) is 0 Å². The molecule has 1 heterocycles. The van der Waals surface area contributed by atoms with Crippen LogP contribution in [0.4, 0.5) is 0 Å². The Morgan fingerprint density at radius 1 is 1.64 bits per heavy atom. The number of nitrogens with one attached hydrogen (secondary N) is 1. The van der Waals surface area contributed by atoms with Crippen molar-refractivity contribution in [2.24, 2.45) is 5.92 Å². The van der Waals surface area contributed by atoms with E-state index in [0.717, 1.165) is 12.3 Å². The molecule has 1 unspecified atom stereocenters. The van der Waals surface area contributed by atoms with Crippen LogP contribution in [0, 0.1) is 5.92 Å². The Morgan fingerprint density at radius 3 is 3.00 bits per heavy atom. The Hall–Kier alpha value is -0.410. The second-order valence-electron chi connectivity index (χ2n) is 4.15. The molecular formula is C11H18N2S. The number of hydrogen-bond donors (Lipinski definition) is 1. The van der Waals surface area contributed by atoms with Gasteiger partial charge in [-0.15, -0.1) is 11.3 Å². The van der Waals surface area contributed by atoms with Gasteiger partial charge in [0, 0.05) is 24.0 Å². The van der Waals surface area contributed by atoms with Crippen LogP contribution in [0.3, 0.4) is 0 Å². The molecule has 0 radical (unpaired) electrons. The first-order valence-corrected chi connectivity index (χ1v) is 6.32. The molecule has 2 rings (SSSR count). The summed E-state index contributed by atoms with van der Waals surface area (Å²) in [5, 5.41) is 6.73. The first kappa shape index (κ1) is 10.1. The number of hydrogen-bond acceptors (Lipinski definition) is 3. The Bertz CT molecular complexity index is 254. The van der Waals surface area contributed by atoms with Crippen LogP contribution < -0.4 is 5.32 Å². The largest absolute Gasteiger partial charge is 0.317 e. The van der Waals surface area contributed by atoms with Gasteiger partial charge in [0.25, 0.3) is 0 Å². The third-order valence-electron chi connectivity index (χ3n) is 3.16. The molecule has 1 atom stereocenters. The van der Waals surface area contributed by atoms with E-state index in [4.69, 9.17) is 0 Å².